The number of hydrogen-bond acceptors (Lipinski definition) is 2. The molecule has 1 N–H and O–H groups in total. The first-order valence-corrected chi connectivity index (χ1v) is 3.91. The maximum atomic E-state index is 13.0. The van der Waals surface area contributed by atoms with Crippen molar-refractivity contribution in [3.05, 3.63) is 29.6 Å². The largest absolute Gasteiger partial charge is 0.431 e. The van der Waals surface area contributed by atoms with E-state index in [0.29, 0.717) is 23.0 Å². The van der Waals surface area contributed by atoms with Crippen molar-refractivity contribution in [2.75, 3.05) is 0 Å². The molecule has 0 aromatic heterocycles. The quantitative estimate of drug-likeness (QED) is 0.617. The molecular formula is C8H6FNOS. The molecule has 0 saturated carbocycles. The van der Waals surface area contributed by atoms with Gasteiger partial charge < -0.3 is 10.1 Å². The van der Waals surface area contributed by atoms with Gasteiger partial charge in [-0.25, -0.2) is 4.39 Å². The van der Waals surface area contributed by atoms with Gasteiger partial charge in [-0.1, -0.05) is 6.07 Å². The first kappa shape index (κ1) is 7.49. The Morgan fingerprint density at radius 3 is 3.17 bits per heavy atom. The zero-order chi connectivity index (χ0) is 8.55. The van der Waals surface area contributed by atoms with Crippen LogP contribution in [0.4, 0.5) is 4.39 Å². The van der Waals surface area contributed by atoms with Crippen LogP contribution in [0.3, 0.4) is 0 Å². The van der Waals surface area contributed by atoms with E-state index in [1.54, 1.807) is 12.1 Å². The SMILES string of the molecule is Fc1cccc2c1CNC(=S)O2. The average Bonchev–Trinajstić information content (AvgIpc) is 2.04. The third kappa shape index (κ3) is 1.14. The maximum absolute atomic E-state index is 13.0. The average molecular weight is 183 g/mol. The molecule has 0 saturated heterocycles. The zero-order valence-electron chi connectivity index (χ0n) is 6.13. The summed E-state index contributed by atoms with van der Waals surface area (Å²) in [6.45, 7) is 0.404. The molecule has 0 fully saturated rings. The second kappa shape index (κ2) is 2.71. The molecule has 0 spiro atoms. The van der Waals surface area contributed by atoms with Gasteiger partial charge in [0.15, 0.2) is 0 Å². The zero-order valence-corrected chi connectivity index (χ0v) is 6.95. The van der Waals surface area contributed by atoms with Crippen LogP contribution in [0.2, 0.25) is 0 Å². The minimum Gasteiger partial charge on any atom is -0.431 e. The Bertz CT molecular complexity index is 340. The van der Waals surface area contributed by atoms with E-state index in [9.17, 15) is 4.39 Å². The molecule has 1 heterocycles. The maximum Gasteiger partial charge on any atom is 0.262 e. The first-order valence-electron chi connectivity index (χ1n) is 3.50. The lowest BCUT2D eigenvalue weighted by Gasteiger charge is -2.18. The fourth-order valence-electron chi connectivity index (χ4n) is 1.10. The van der Waals surface area contributed by atoms with Crippen LogP contribution in [0.1, 0.15) is 5.56 Å². The smallest absolute Gasteiger partial charge is 0.262 e. The number of hydrogen-bond donors (Lipinski definition) is 1. The Labute approximate surface area is 74.3 Å². The first-order chi connectivity index (χ1) is 5.77. The van der Waals surface area contributed by atoms with Crippen LogP contribution in [0.5, 0.6) is 5.75 Å². The molecule has 1 aromatic carbocycles. The van der Waals surface area contributed by atoms with Crippen molar-refractivity contribution in [3.8, 4) is 5.75 Å². The van der Waals surface area contributed by atoms with Crippen molar-refractivity contribution in [3.63, 3.8) is 0 Å². The van der Waals surface area contributed by atoms with E-state index in [0.717, 1.165) is 0 Å². The van der Waals surface area contributed by atoms with E-state index < -0.39 is 0 Å². The number of benzene rings is 1. The second-order valence-electron chi connectivity index (χ2n) is 2.46. The highest BCUT2D eigenvalue weighted by Gasteiger charge is 2.16. The van der Waals surface area contributed by atoms with Gasteiger partial charge in [-0.05, 0) is 24.4 Å². The summed E-state index contributed by atoms with van der Waals surface area (Å²) >= 11 is 4.77. The molecule has 4 heteroatoms. The van der Waals surface area contributed by atoms with Crippen LogP contribution in [0.25, 0.3) is 0 Å². The number of thiocarbonyl (C=S) groups is 1. The van der Waals surface area contributed by atoms with Crippen LogP contribution in [-0.2, 0) is 6.54 Å². The van der Waals surface area contributed by atoms with Gasteiger partial charge in [0.05, 0.1) is 6.54 Å². The molecule has 0 bridgehead atoms. The summed E-state index contributed by atoms with van der Waals surface area (Å²) in [5, 5.41) is 3.05. The lowest BCUT2D eigenvalue weighted by atomic mass is 10.2. The number of fused-ring (bicyclic) bond motifs is 1. The van der Waals surface area contributed by atoms with Crippen molar-refractivity contribution in [1.82, 2.24) is 5.32 Å². The van der Waals surface area contributed by atoms with Crippen LogP contribution < -0.4 is 10.1 Å². The van der Waals surface area contributed by atoms with Crippen LogP contribution in [0, 0.1) is 5.82 Å². The summed E-state index contributed by atoms with van der Waals surface area (Å²) < 4.78 is 18.1. The summed E-state index contributed by atoms with van der Waals surface area (Å²) in [5.74, 6) is 0.251. The van der Waals surface area contributed by atoms with Crippen LogP contribution in [-0.4, -0.2) is 5.17 Å². The molecule has 0 aliphatic carbocycles. The number of rotatable bonds is 0. The highest BCUT2D eigenvalue weighted by Crippen LogP contribution is 2.23. The summed E-state index contributed by atoms with van der Waals surface area (Å²) in [7, 11) is 0. The Morgan fingerprint density at radius 1 is 1.50 bits per heavy atom. The van der Waals surface area contributed by atoms with Gasteiger partial charge in [0, 0.05) is 5.56 Å². The van der Waals surface area contributed by atoms with Gasteiger partial charge >= 0.3 is 0 Å². The van der Waals surface area contributed by atoms with Crippen molar-refractivity contribution >= 4 is 17.4 Å². The topological polar surface area (TPSA) is 21.3 Å². The molecule has 0 atom stereocenters. The van der Waals surface area contributed by atoms with Gasteiger partial charge in [0.1, 0.15) is 11.6 Å². The molecule has 1 aromatic rings. The number of ether oxygens (including phenoxy) is 1. The Morgan fingerprint density at radius 2 is 2.33 bits per heavy atom. The van der Waals surface area contributed by atoms with Crippen molar-refractivity contribution in [2.24, 2.45) is 0 Å². The van der Waals surface area contributed by atoms with Crippen LogP contribution in [0.15, 0.2) is 18.2 Å². The monoisotopic (exact) mass is 183 g/mol. The Balaban J connectivity index is 2.48. The van der Waals surface area contributed by atoms with E-state index >= 15 is 0 Å². The second-order valence-corrected chi connectivity index (χ2v) is 2.83. The highest BCUT2D eigenvalue weighted by molar-refractivity contribution is 7.80. The summed E-state index contributed by atoms with van der Waals surface area (Å²) in [4.78, 5) is 0. The van der Waals surface area contributed by atoms with Gasteiger partial charge in [0.2, 0.25) is 0 Å². The van der Waals surface area contributed by atoms with E-state index in [-0.39, 0.29) is 5.82 Å². The summed E-state index contributed by atoms with van der Waals surface area (Å²) in [6, 6.07) is 4.70. The summed E-state index contributed by atoms with van der Waals surface area (Å²) in [5.41, 5.74) is 0.533. The number of nitrogens with one attached hydrogen (secondary N) is 1. The fourth-order valence-corrected chi connectivity index (χ4v) is 1.26. The standard InChI is InChI=1S/C8H6FNOS/c9-6-2-1-3-7-5(6)4-10-8(12)11-7/h1-3H,4H2,(H,10,12). The molecular weight excluding hydrogens is 177 g/mol. The molecule has 1 aliphatic rings. The lowest BCUT2D eigenvalue weighted by Crippen LogP contribution is -2.31. The van der Waals surface area contributed by atoms with Crippen molar-refractivity contribution < 1.29 is 9.13 Å². The molecule has 0 unspecified atom stereocenters. The number of halogens is 1. The lowest BCUT2D eigenvalue weighted by molar-refractivity contribution is 0.478. The fraction of sp³-hybridized carbons (Fsp3) is 0.125. The van der Waals surface area contributed by atoms with E-state index in [1.165, 1.54) is 6.07 Å². The molecule has 0 amide bonds. The van der Waals surface area contributed by atoms with Crippen molar-refractivity contribution in [1.29, 1.82) is 0 Å². The molecule has 1 aliphatic heterocycles. The molecule has 62 valence electrons. The van der Waals surface area contributed by atoms with Gasteiger partial charge in [-0.2, -0.15) is 0 Å². The predicted octanol–water partition coefficient (Wildman–Crippen LogP) is 1.59. The van der Waals surface area contributed by atoms with Crippen molar-refractivity contribution in [2.45, 2.75) is 6.54 Å². The Hall–Kier alpha value is -1.16. The minimum absolute atomic E-state index is 0.262. The Kier molecular flexibility index (Phi) is 1.69. The highest BCUT2D eigenvalue weighted by atomic mass is 32.1. The minimum atomic E-state index is -0.262. The van der Waals surface area contributed by atoms with E-state index in [2.05, 4.69) is 5.32 Å². The molecule has 2 rings (SSSR count). The third-order valence-electron chi connectivity index (χ3n) is 1.69. The normalized spacial score (nSPS) is 14.6. The molecule has 2 nitrogen and oxygen atoms in total. The predicted molar refractivity (Wildman–Crippen MR) is 46.5 cm³/mol. The van der Waals surface area contributed by atoms with Gasteiger partial charge in [-0.3, -0.25) is 0 Å². The van der Waals surface area contributed by atoms with E-state index in [4.69, 9.17) is 17.0 Å². The molecule has 12 heavy (non-hydrogen) atoms. The molecule has 0 radical (unpaired) electrons. The third-order valence-corrected chi connectivity index (χ3v) is 1.92. The van der Waals surface area contributed by atoms with Gasteiger partial charge in [0.25, 0.3) is 5.17 Å². The van der Waals surface area contributed by atoms with Gasteiger partial charge in [-0.15, -0.1) is 0 Å². The van der Waals surface area contributed by atoms with Crippen LogP contribution >= 0.6 is 12.2 Å². The van der Waals surface area contributed by atoms with E-state index in [1.807, 2.05) is 0 Å². The summed E-state index contributed by atoms with van der Waals surface area (Å²) in [6.07, 6.45) is 0.